The maximum Gasteiger partial charge on any atom is 0.324 e. The number of aromatic hydroxyl groups is 1. The number of benzene rings is 1. The molecule has 1 unspecified atom stereocenters. The Labute approximate surface area is 168 Å². The minimum absolute atomic E-state index is 0.133. The molecular formula is C17H28N4O8. The molecule has 0 aliphatic heterocycles. The fourth-order valence-electron chi connectivity index (χ4n) is 2.46. The second kappa shape index (κ2) is 11.9. The summed E-state index contributed by atoms with van der Waals surface area (Å²) >= 11 is 0. The van der Waals surface area contributed by atoms with Crippen LogP contribution in [0.3, 0.4) is 0 Å². The van der Waals surface area contributed by atoms with Crippen molar-refractivity contribution >= 4 is 17.1 Å². The van der Waals surface area contributed by atoms with Gasteiger partial charge in [-0.15, -0.1) is 0 Å². The Hall–Kier alpha value is -2.86. The van der Waals surface area contributed by atoms with Gasteiger partial charge in [-0.3, -0.25) is 30.3 Å². The van der Waals surface area contributed by atoms with Crippen LogP contribution in [0.25, 0.3) is 0 Å². The summed E-state index contributed by atoms with van der Waals surface area (Å²) in [6.07, 6.45) is 5.07. The quantitative estimate of drug-likeness (QED) is 0.292. The Kier molecular flexibility index (Phi) is 10.7. The maximum atomic E-state index is 10.4. The Bertz CT molecular complexity index is 688. The molecule has 164 valence electrons. The third-order valence-electron chi connectivity index (χ3n) is 3.93. The predicted molar refractivity (Wildman–Crippen MR) is 106 cm³/mol. The van der Waals surface area contributed by atoms with Crippen molar-refractivity contribution in [2.75, 3.05) is 6.61 Å². The van der Waals surface area contributed by atoms with E-state index >= 15 is 0 Å². The minimum atomic E-state index is -1.21. The third kappa shape index (κ3) is 9.25. The summed E-state index contributed by atoms with van der Waals surface area (Å²) in [5.41, 5.74) is -3.14. The van der Waals surface area contributed by atoms with Gasteiger partial charge in [0.15, 0.2) is 0 Å². The number of phenolic OH excluding ortho intramolecular Hbond substituents is 1. The summed E-state index contributed by atoms with van der Waals surface area (Å²) in [5, 5.41) is 52.7. The van der Waals surface area contributed by atoms with Crippen LogP contribution >= 0.6 is 0 Å². The summed E-state index contributed by atoms with van der Waals surface area (Å²) in [7, 11) is 0. The largest absolute Gasteiger partial charge is 0.497 e. The van der Waals surface area contributed by atoms with Crippen LogP contribution in [-0.4, -0.2) is 43.2 Å². The first kappa shape index (κ1) is 26.1. The highest BCUT2D eigenvalue weighted by Crippen LogP contribution is 2.38. The van der Waals surface area contributed by atoms with Crippen LogP contribution in [0.15, 0.2) is 12.1 Å². The lowest BCUT2D eigenvalue weighted by Crippen LogP contribution is -2.47. The molecule has 0 saturated heterocycles. The van der Waals surface area contributed by atoms with Crippen molar-refractivity contribution in [2.45, 2.75) is 65.0 Å². The molecule has 1 rings (SSSR count). The average molecular weight is 416 g/mol. The summed E-state index contributed by atoms with van der Waals surface area (Å²) in [4.78, 5) is 27.8. The van der Waals surface area contributed by atoms with Gasteiger partial charge in [-0.2, -0.15) is 0 Å². The van der Waals surface area contributed by atoms with Gasteiger partial charge in [-0.05, 0) is 27.2 Å². The molecular weight excluding hydrogens is 388 g/mol. The number of nitrogens with one attached hydrogen (secondary N) is 1. The van der Waals surface area contributed by atoms with E-state index in [-0.39, 0.29) is 12.1 Å². The van der Waals surface area contributed by atoms with E-state index in [1.54, 1.807) is 0 Å². The van der Waals surface area contributed by atoms with Crippen molar-refractivity contribution in [1.29, 1.82) is 0 Å². The van der Waals surface area contributed by atoms with Crippen LogP contribution in [0.1, 0.15) is 53.4 Å². The lowest BCUT2D eigenvalue weighted by Gasteiger charge is -2.28. The Morgan fingerprint density at radius 1 is 1.03 bits per heavy atom. The van der Waals surface area contributed by atoms with Gasteiger partial charge in [0.05, 0.1) is 33.5 Å². The summed E-state index contributed by atoms with van der Waals surface area (Å²) < 4.78 is 0. The molecule has 1 aromatic rings. The average Bonchev–Trinajstić information content (AvgIpc) is 2.61. The molecule has 0 aromatic heterocycles. The van der Waals surface area contributed by atoms with Crippen molar-refractivity contribution in [3.8, 4) is 5.75 Å². The lowest BCUT2D eigenvalue weighted by molar-refractivity contribution is -0.404. The normalized spacial score (nSPS) is 11.9. The van der Waals surface area contributed by atoms with Crippen LogP contribution in [0.5, 0.6) is 5.75 Å². The van der Waals surface area contributed by atoms with Crippen molar-refractivity contribution in [1.82, 2.24) is 5.32 Å². The first-order valence-electron chi connectivity index (χ1n) is 9.05. The van der Waals surface area contributed by atoms with Gasteiger partial charge in [0.25, 0.3) is 11.4 Å². The molecule has 0 bridgehead atoms. The van der Waals surface area contributed by atoms with Gasteiger partial charge in [0.1, 0.15) is 0 Å². The first-order chi connectivity index (χ1) is 13.4. The predicted octanol–water partition coefficient (Wildman–Crippen LogP) is 3.43. The van der Waals surface area contributed by atoms with E-state index in [0.717, 1.165) is 0 Å². The molecule has 0 amide bonds. The molecule has 0 aliphatic rings. The number of phenols is 1. The molecule has 0 radical (unpaired) electrons. The van der Waals surface area contributed by atoms with Crippen LogP contribution in [0.2, 0.25) is 0 Å². The van der Waals surface area contributed by atoms with Crippen molar-refractivity contribution < 1.29 is 25.0 Å². The van der Waals surface area contributed by atoms with Crippen LogP contribution < -0.4 is 5.32 Å². The molecule has 1 aromatic carbocycles. The molecule has 0 saturated carbocycles. The number of aliphatic hydroxyl groups excluding tert-OH is 1. The highest BCUT2D eigenvalue weighted by molar-refractivity contribution is 5.64. The minimum Gasteiger partial charge on any atom is -0.497 e. The van der Waals surface area contributed by atoms with Gasteiger partial charge in [0, 0.05) is 11.6 Å². The van der Waals surface area contributed by atoms with Crippen molar-refractivity contribution in [3.05, 3.63) is 42.5 Å². The molecule has 29 heavy (non-hydrogen) atoms. The highest BCUT2D eigenvalue weighted by atomic mass is 16.6. The van der Waals surface area contributed by atoms with Crippen LogP contribution in [-0.2, 0) is 0 Å². The van der Waals surface area contributed by atoms with Gasteiger partial charge in [-0.25, -0.2) is 0 Å². The molecule has 0 aliphatic carbocycles. The number of nitro benzene ring substituents is 3. The van der Waals surface area contributed by atoms with Crippen molar-refractivity contribution in [2.24, 2.45) is 0 Å². The summed E-state index contributed by atoms with van der Waals surface area (Å²) in [5.74, 6) is -1.21. The van der Waals surface area contributed by atoms with Crippen molar-refractivity contribution in [3.63, 3.8) is 0 Å². The van der Waals surface area contributed by atoms with E-state index in [9.17, 15) is 30.3 Å². The van der Waals surface area contributed by atoms with Crippen LogP contribution in [0, 0.1) is 30.3 Å². The zero-order chi connectivity index (χ0) is 22.8. The first-order valence-corrected chi connectivity index (χ1v) is 9.05. The molecule has 0 fully saturated rings. The Morgan fingerprint density at radius 3 is 1.86 bits per heavy atom. The molecule has 12 nitrogen and oxygen atoms in total. The van der Waals surface area contributed by atoms with E-state index in [1.807, 2.05) is 13.8 Å². The summed E-state index contributed by atoms with van der Waals surface area (Å²) in [6, 6.07) is 1.40. The van der Waals surface area contributed by atoms with E-state index in [2.05, 4.69) is 19.2 Å². The number of hydrogen-bond donors (Lipinski definition) is 3. The SMILES string of the molecule is CCCCCC(C)NC(C)(C)CO.O=[N+]([O-])c1cc([N+](=O)[O-])c(O)c([N+](=O)[O-])c1. The maximum absolute atomic E-state index is 10.4. The molecule has 3 N–H and O–H groups in total. The van der Waals surface area contributed by atoms with Gasteiger partial charge in [0.2, 0.25) is 0 Å². The highest BCUT2D eigenvalue weighted by Gasteiger charge is 2.30. The molecule has 12 heteroatoms. The standard InChI is InChI=1S/C11H25NO.C6H3N3O7/c1-5-6-7-8-10(2)12-11(3,4)9-13;10-6-4(8(13)14)1-3(7(11)12)2-5(6)9(15)16/h10,12-13H,5-9H2,1-4H3;1-2,10H. The number of hydrogen-bond acceptors (Lipinski definition) is 9. The fraction of sp³-hybridized carbons (Fsp3) is 0.647. The number of nitro groups is 3. The van der Waals surface area contributed by atoms with E-state index in [4.69, 9.17) is 10.2 Å². The summed E-state index contributed by atoms with van der Waals surface area (Å²) in [6.45, 7) is 8.67. The van der Waals surface area contributed by atoms with Gasteiger partial charge >= 0.3 is 11.4 Å². The second-order valence-corrected chi connectivity index (χ2v) is 7.19. The lowest BCUT2D eigenvalue weighted by atomic mass is 10.0. The Morgan fingerprint density at radius 2 is 1.52 bits per heavy atom. The monoisotopic (exact) mass is 416 g/mol. The number of nitrogens with zero attached hydrogens (tertiary/aromatic N) is 3. The van der Waals surface area contributed by atoms with Gasteiger partial charge in [-0.1, -0.05) is 26.2 Å². The number of unbranched alkanes of at least 4 members (excludes halogenated alkanes) is 2. The fourth-order valence-corrected chi connectivity index (χ4v) is 2.46. The molecule has 0 heterocycles. The number of rotatable bonds is 10. The van der Waals surface area contributed by atoms with Gasteiger partial charge < -0.3 is 15.5 Å². The zero-order valence-electron chi connectivity index (χ0n) is 17.0. The zero-order valence-corrected chi connectivity index (χ0v) is 17.0. The van der Waals surface area contributed by atoms with E-state index in [1.165, 1.54) is 25.7 Å². The van der Waals surface area contributed by atoms with Crippen LogP contribution in [0.4, 0.5) is 17.1 Å². The molecule has 1 atom stereocenters. The topological polar surface area (TPSA) is 182 Å². The Balaban J connectivity index is 0.000000555. The van der Waals surface area contributed by atoms with E-state index < -0.39 is 37.6 Å². The van der Waals surface area contributed by atoms with E-state index in [0.29, 0.717) is 18.2 Å². The third-order valence-corrected chi connectivity index (χ3v) is 3.93. The number of non-ortho nitro benzene ring substituents is 1. The number of aliphatic hydroxyl groups is 1. The molecule has 0 spiro atoms. The smallest absolute Gasteiger partial charge is 0.324 e. The second-order valence-electron chi connectivity index (χ2n) is 7.19.